The second kappa shape index (κ2) is 6.46. The lowest BCUT2D eigenvalue weighted by molar-refractivity contribution is 0.100. The van der Waals surface area contributed by atoms with E-state index in [1.165, 1.54) is 0 Å². The van der Waals surface area contributed by atoms with Crippen molar-refractivity contribution in [1.29, 1.82) is 0 Å². The zero-order valence-electron chi connectivity index (χ0n) is 12.0. The van der Waals surface area contributed by atoms with Crippen LogP contribution in [0.25, 0.3) is 0 Å². The van der Waals surface area contributed by atoms with Crippen molar-refractivity contribution in [2.45, 2.75) is 38.8 Å². The van der Waals surface area contributed by atoms with E-state index in [2.05, 4.69) is 24.1 Å². The van der Waals surface area contributed by atoms with Crippen molar-refractivity contribution in [3.63, 3.8) is 0 Å². The van der Waals surface area contributed by atoms with Gasteiger partial charge in [-0.15, -0.1) is 0 Å². The minimum Gasteiger partial charge on any atom is -0.381 e. The van der Waals surface area contributed by atoms with Gasteiger partial charge in [-0.2, -0.15) is 0 Å². The fraction of sp³-hybridized carbons (Fsp3) is 0.533. The first kappa shape index (κ1) is 15.1. The third-order valence-electron chi connectivity index (χ3n) is 3.87. The molecule has 5 heteroatoms. The second-order valence-electron chi connectivity index (χ2n) is 5.61. The molecule has 1 aliphatic rings. The molecule has 1 saturated heterocycles. The molecule has 4 nitrogen and oxygen atoms in total. The lowest BCUT2D eigenvalue weighted by atomic mass is 10.0. The molecule has 1 aromatic carbocycles. The van der Waals surface area contributed by atoms with E-state index in [-0.39, 0.29) is 0 Å². The number of nitrogens with one attached hydrogen (secondary N) is 1. The molecule has 2 rings (SSSR count). The molecule has 0 bridgehead atoms. The largest absolute Gasteiger partial charge is 0.381 e. The Labute approximate surface area is 125 Å². The Balaban J connectivity index is 2.00. The quantitative estimate of drug-likeness (QED) is 0.898. The molecule has 0 saturated carbocycles. The van der Waals surface area contributed by atoms with E-state index in [4.69, 9.17) is 17.3 Å². The number of hydrogen-bond donors (Lipinski definition) is 2. The number of carbonyl (C=O) groups is 1. The number of likely N-dealkylation sites (tertiary alicyclic amines) is 1. The fourth-order valence-corrected chi connectivity index (χ4v) is 2.74. The van der Waals surface area contributed by atoms with Crippen molar-refractivity contribution in [3.05, 3.63) is 28.8 Å². The van der Waals surface area contributed by atoms with Gasteiger partial charge in [-0.25, -0.2) is 0 Å². The number of nitrogens with zero attached hydrogens (tertiary/aromatic N) is 1. The third kappa shape index (κ3) is 3.64. The SMILES string of the molecule is CC(C)N1CCC(Nc2cc(C(N)=O)ccc2Cl)CC1. The van der Waals surface area contributed by atoms with Gasteiger partial charge in [0.05, 0.1) is 10.7 Å². The van der Waals surface area contributed by atoms with Crippen LogP contribution in [0.4, 0.5) is 5.69 Å². The van der Waals surface area contributed by atoms with Crippen LogP contribution in [0.3, 0.4) is 0 Å². The molecule has 1 fully saturated rings. The van der Waals surface area contributed by atoms with Crippen LogP contribution < -0.4 is 11.1 Å². The summed E-state index contributed by atoms with van der Waals surface area (Å²) in [4.78, 5) is 13.7. The Morgan fingerprint density at radius 2 is 2.05 bits per heavy atom. The highest BCUT2D eigenvalue weighted by Crippen LogP contribution is 2.26. The number of primary amides is 1. The van der Waals surface area contributed by atoms with Gasteiger partial charge < -0.3 is 16.0 Å². The van der Waals surface area contributed by atoms with Crippen molar-refractivity contribution in [2.24, 2.45) is 5.73 Å². The molecule has 3 N–H and O–H groups in total. The van der Waals surface area contributed by atoms with E-state index < -0.39 is 5.91 Å². The van der Waals surface area contributed by atoms with Crippen LogP contribution in [-0.2, 0) is 0 Å². The molecule has 1 amide bonds. The molecule has 1 heterocycles. The minimum absolute atomic E-state index is 0.394. The van der Waals surface area contributed by atoms with Crippen LogP contribution in [0, 0.1) is 0 Å². The summed E-state index contributed by atoms with van der Waals surface area (Å²) in [6, 6.07) is 6.09. The van der Waals surface area contributed by atoms with Crippen LogP contribution in [0.15, 0.2) is 18.2 Å². The molecule has 0 aliphatic carbocycles. The van der Waals surface area contributed by atoms with E-state index in [0.29, 0.717) is 22.7 Å². The van der Waals surface area contributed by atoms with Crippen molar-refractivity contribution in [3.8, 4) is 0 Å². The lowest BCUT2D eigenvalue weighted by Crippen LogP contribution is -2.42. The van der Waals surface area contributed by atoms with Crippen LogP contribution in [0.1, 0.15) is 37.0 Å². The van der Waals surface area contributed by atoms with E-state index in [9.17, 15) is 4.79 Å². The highest BCUT2D eigenvalue weighted by Gasteiger charge is 2.21. The molecular weight excluding hydrogens is 274 g/mol. The first-order chi connectivity index (χ1) is 9.47. The molecule has 0 radical (unpaired) electrons. The molecule has 0 unspecified atom stereocenters. The smallest absolute Gasteiger partial charge is 0.248 e. The number of carbonyl (C=O) groups excluding carboxylic acids is 1. The molecule has 0 atom stereocenters. The highest BCUT2D eigenvalue weighted by atomic mass is 35.5. The van der Waals surface area contributed by atoms with Crippen molar-refractivity contribution >= 4 is 23.2 Å². The van der Waals surface area contributed by atoms with E-state index in [1.807, 2.05) is 0 Å². The van der Waals surface area contributed by atoms with Crippen LogP contribution >= 0.6 is 11.6 Å². The molecule has 1 aromatic rings. The Bertz CT molecular complexity index is 482. The molecular formula is C15H22ClN3O. The van der Waals surface area contributed by atoms with Crippen molar-refractivity contribution in [1.82, 2.24) is 4.90 Å². The summed E-state index contributed by atoms with van der Waals surface area (Å²) in [5, 5.41) is 4.06. The Hall–Kier alpha value is -1.26. The minimum atomic E-state index is -0.431. The summed E-state index contributed by atoms with van der Waals surface area (Å²) in [5.41, 5.74) is 6.58. The third-order valence-corrected chi connectivity index (χ3v) is 4.20. The number of rotatable bonds is 4. The fourth-order valence-electron chi connectivity index (χ4n) is 2.57. The van der Waals surface area contributed by atoms with Gasteiger partial charge in [0.15, 0.2) is 0 Å². The van der Waals surface area contributed by atoms with Crippen LogP contribution in [0.5, 0.6) is 0 Å². The highest BCUT2D eigenvalue weighted by molar-refractivity contribution is 6.33. The van der Waals surface area contributed by atoms with Crippen LogP contribution in [-0.4, -0.2) is 36.0 Å². The number of benzene rings is 1. The monoisotopic (exact) mass is 295 g/mol. The second-order valence-corrected chi connectivity index (χ2v) is 6.01. The van der Waals surface area contributed by atoms with E-state index in [0.717, 1.165) is 31.6 Å². The van der Waals surface area contributed by atoms with E-state index in [1.54, 1.807) is 18.2 Å². The summed E-state index contributed by atoms with van der Waals surface area (Å²) in [6.45, 7) is 6.62. The maximum absolute atomic E-state index is 11.2. The molecule has 1 aliphatic heterocycles. The average molecular weight is 296 g/mol. The van der Waals surface area contributed by atoms with Crippen LogP contribution in [0.2, 0.25) is 5.02 Å². The first-order valence-corrected chi connectivity index (χ1v) is 7.45. The predicted molar refractivity (Wildman–Crippen MR) is 83.3 cm³/mol. The van der Waals surface area contributed by atoms with E-state index >= 15 is 0 Å². The van der Waals surface area contributed by atoms with Gasteiger partial charge in [0.2, 0.25) is 5.91 Å². The number of halogens is 1. The normalized spacial score (nSPS) is 17.4. The Morgan fingerprint density at radius 1 is 1.40 bits per heavy atom. The number of anilines is 1. The summed E-state index contributed by atoms with van der Waals surface area (Å²) in [5.74, 6) is -0.431. The maximum Gasteiger partial charge on any atom is 0.248 e. The van der Waals surface area contributed by atoms with Crippen molar-refractivity contribution in [2.75, 3.05) is 18.4 Å². The van der Waals surface area contributed by atoms with Gasteiger partial charge >= 0.3 is 0 Å². The van der Waals surface area contributed by atoms with Gasteiger partial charge in [-0.3, -0.25) is 4.79 Å². The van der Waals surface area contributed by atoms with Gasteiger partial charge in [0, 0.05) is 30.7 Å². The predicted octanol–water partition coefficient (Wildman–Crippen LogP) is 2.72. The summed E-state index contributed by atoms with van der Waals surface area (Å²) in [6.07, 6.45) is 2.16. The molecule has 0 spiro atoms. The topological polar surface area (TPSA) is 58.4 Å². The zero-order chi connectivity index (χ0) is 14.7. The summed E-state index contributed by atoms with van der Waals surface area (Å²) >= 11 is 6.17. The Kier molecular flexibility index (Phi) is 4.89. The van der Waals surface area contributed by atoms with Crippen molar-refractivity contribution < 1.29 is 4.79 Å². The number of amides is 1. The first-order valence-electron chi connectivity index (χ1n) is 7.07. The number of hydrogen-bond acceptors (Lipinski definition) is 3. The standard InChI is InChI=1S/C15H22ClN3O/c1-10(2)19-7-5-12(6-8-19)18-14-9-11(15(17)20)3-4-13(14)16/h3-4,9-10,12,18H,5-8H2,1-2H3,(H2,17,20). The lowest BCUT2D eigenvalue weighted by Gasteiger charge is -2.35. The van der Waals surface area contributed by atoms with Gasteiger partial charge in [0.25, 0.3) is 0 Å². The summed E-state index contributed by atoms with van der Waals surface area (Å²) in [7, 11) is 0. The number of nitrogens with two attached hydrogens (primary N) is 1. The van der Waals surface area contributed by atoms with Gasteiger partial charge in [-0.05, 0) is 44.9 Å². The molecule has 110 valence electrons. The van der Waals surface area contributed by atoms with Gasteiger partial charge in [-0.1, -0.05) is 11.6 Å². The maximum atomic E-state index is 11.2. The number of piperidine rings is 1. The van der Waals surface area contributed by atoms with Gasteiger partial charge in [0.1, 0.15) is 0 Å². The average Bonchev–Trinajstić information content (AvgIpc) is 2.41. The Morgan fingerprint density at radius 3 is 2.60 bits per heavy atom. The molecule has 20 heavy (non-hydrogen) atoms. The summed E-state index contributed by atoms with van der Waals surface area (Å²) < 4.78 is 0. The molecule has 0 aromatic heterocycles. The zero-order valence-corrected chi connectivity index (χ0v) is 12.8.